The average Bonchev–Trinajstić information content (AvgIpc) is 3.17. The second-order valence-corrected chi connectivity index (χ2v) is 7.52. The first-order valence-electron chi connectivity index (χ1n) is 9.92. The number of para-hydroxylation sites is 1. The van der Waals surface area contributed by atoms with E-state index in [0.717, 1.165) is 56.7 Å². The molecule has 0 aromatic heterocycles. The lowest BCUT2D eigenvalue weighted by Crippen LogP contribution is -2.39. The predicted octanol–water partition coefficient (Wildman–Crippen LogP) is 3.56. The summed E-state index contributed by atoms with van der Waals surface area (Å²) < 4.78 is 0. The van der Waals surface area contributed by atoms with Gasteiger partial charge in [-0.15, -0.1) is 0 Å². The van der Waals surface area contributed by atoms with Crippen LogP contribution in [-0.4, -0.2) is 42.8 Å². The quantitative estimate of drug-likeness (QED) is 0.764. The van der Waals surface area contributed by atoms with E-state index >= 15 is 0 Å². The lowest BCUT2D eigenvalue weighted by molar-refractivity contribution is -0.118. The molecule has 0 bridgehead atoms. The number of likely N-dealkylation sites (tertiary alicyclic amines) is 1. The molecule has 0 radical (unpaired) electrons. The van der Waals surface area contributed by atoms with E-state index in [9.17, 15) is 9.59 Å². The van der Waals surface area contributed by atoms with Gasteiger partial charge in [-0.2, -0.15) is 0 Å². The van der Waals surface area contributed by atoms with Crippen LogP contribution in [0.15, 0.2) is 54.6 Å². The van der Waals surface area contributed by atoms with E-state index in [1.54, 1.807) is 0 Å². The molecule has 2 aromatic rings. The molecule has 2 heterocycles. The van der Waals surface area contributed by atoms with Gasteiger partial charge in [0.15, 0.2) is 5.78 Å². The van der Waals surface area contributed by atoms with Gasteiger partial charge in [-0.1, -0.05) is 48.5 Å². The third-order valence-electron chi connectivity index (χ3n) is 5.85. The Kier molecular flexibility index (Phi) is 5.35. The summed E-state index contributed by atoms with van der Waals surface area (Å²) in [5, 5.41) is 0. The van der Waals surface area contributed by atoms with E-state index < -0.39 is 0 Å². The number of ketones is 1. The Morgan fingerprint density at radius 3 is 2.37 bits per heavy atom. The van der Waals surface area contributed by atoms with E-state index in [-0.39, 0.29) is 17.6 Å². The van der Waals surface area contributed by atoms with E-state index in [1.807, 2.05) is 53.4 Å². The van der Waals surface area contributed by atoms with Gasteiger partial charge in [0.25, 0.3) is 0 Å². The van der Waals surface area contributed by atoms with E-state index in [2.05, 4.69) is 11.0 Å². The van der Waals surface area contributed by atoms with Crippen LogP contribution in [0.1, 0.15) is 35.2 Å². The van der Waals surface area contributed by atoms with Gasteiger partial charge in [0.05, 0.1) is 0 Å². The number of hydrogen-bond acceptors (Lipinski definition) is 3. The summed E-state index contributed by atoms with van der Waals surface area (Å²) in [6, 6.07) is 17.8. The van der Waals surface area contributed by atoms with Crippen molar-refractivity contribution in [3.05, 3.63) is 65.7 Å². The van der Waals surface area contributed by atoms with Crippen LogP contribution >= 0.6 is 0 Å². The van der Waals surface area contributed by atoms with E-state index in [4.69, 9.17) is 0 Å². The van der Waals surface area contributed by atoms with Crippen LogP contribution in [0.25, 0.3) is 0 Å². The zero-order valence-corrected chi connectivity index (χ0v) is 15.6. The highest BCUT2D eigenvalue weighted by atomic mass is 16.2. The van der Waals surface area contributed by atoms with Gasteiger partial charge in [-0.05, 0) is 44.0 Å². The summed E-state index contributed by atoms with van der Waals surface area (Å²) in [7, 11) is 0. The minimum absolute atomic E-state index is 0.116. The number of piperidine rings is 1. The SMILES string of the molecule is O=C(c1ccccc1)C1CCN(CCC(=O)N2CCc3ccccc32)CC1. The van der Waals surface area contributed by atoms with Crippen LogP contribution in [0.3, 0.4) is 0 Å². The lowest BCUT2D eigenvalue weighted by atomic mass is 9.89. The molecule has 2 aromatic carbocycles. The van der Waals surface area contributed by atoms with Crippen molar-refractivity contribution in [2.75, 3.05) is 31.1 Å². The maximum atomic E-state index is 12.7. The van der Waals surface area contributed by atoms with Crippen LogP contribution in [0.2, 0.25) is 0 Å². The molecule has 0 aliphatic carbocycles. The normalized spacial score (nSPS) is 17.7. The molecular formula is C23H26N2O2. The maximum Gasteiger partial charge on any atom is 0.228 e. The zero-order chi connectivity index (χ0) is 18.6. The molecule has 0 saturated carbocycles. The summed E-state index contributed by atoms with van der Waals surface area (Å²) in [5.74, 6) is 0.590. The second-order valence-electron chi connectivity index (χ2n) is 7.52. The third kappa shape index (κ3) is 3.96. The number of carbonyl (C=O) groups excluding carboxylic acids is 2. The molecule has 0 N–H and O–H groups in total. The van der Waals surface area contributed by atoms with Crippen LogP contribution in [0.4, 0.5) is 5.69 Å². The highest BCUT2D eigenvalue weighted by Gasteiger charge is 2.27. The van der Waals surface area contributed by atoms with Crippen molar-refractivity contribution >= 4 is 17.4 Å². The molecule has 0 atom stereocenters. The van der Waals surface area contributed by atoms with E-state index in [1.165, 1.54) is 5.56 Å². The Morgan fingerprint density at radius 1 is 0.889 bits per heavy atom. The van der Waals surface area contributed by atoms with Gasteiger partial charge in [0.2, 0.25) is 5.91 Å². The number of benzene rings is 2. The van der Waals surface area contributed by atoms with Gasteiger partial charge >= 0.3 is 0 Å². The number of carbonyl (C=O) groups is 2. The smallest absolute Gasteiger partial charge is 0.228 e. The second kappa shape index (κ2) is 8.05. The summed E-state index contributed by atoms with van der Waals surface area (Å²) in [6.45, 7) is 3.37. The molecule has 2 aliphatic heterocycles. The van der Waals surface area contributed by atoms with E-state index in [0.29, 0.717) is 6.42 Å². The number of Topliss-reactive ketones (excluding diaryl/α,β-unsaturated/α-hetero) is 1. The number of nitrogens with zero attached hydrogens (tertiary/aromatic N) is 2. The van der Waals surface area contributed by atoms with Crippen LogP contribution < -0.4 is 4.90 Å². The number of amides is 1. The third-order valence-corrected chi connectivity index (χ3v) is 5.85. The summed E-state index contributed by atoms with van der Waals surface area (Å²) in [4.78, 5) is 29.5. The van der Waals surface area contributed by atoms with Crippen molar-refractivity contribution in [3.63, 3.8) is 0 Å². The summed E-state index contributed by atoms with van der Waals surface area (Å²) >= 11 is 0. The molecule has 0 unspecified atom stereocenters. The minimum atomic E-state index is 0.116. The Hall–Kier alpha value is -2.46. The van der Waals surface area contributed by atoms with Gasteiger partial charge in [0.1, 0.15) is 0 Å². The topological polar surface area (TPSA) is 40.6 Å². The molecule has 27 heavy (non-hydrogen) atoms. The summed E-state index contributed by atoms with van der Waals surface area (Å²) in [6.07, 6.45) is 3.27. The van der Waals surface area contributed by atoms with Gasteiger partial charge in [-0.25, -0.2) is 0 Å². The van der Waals surface area contributed by atoms with Crippen LogP contribution in [0.5, 0.6) is 0 Å². The fraction of sp³-hybridized carbons (Fsp3) is 0.391. The first kappa shape index (κ1) is 17.9. The zero-order valence-electron chi connectivity index (χ0n) is 15.6. The van der Waals surface area contributed by atoms with Crippen LogP contribution in [-0.2, 0) is 11.2 Å². The predicted molar refractivity (Wildman–Crippen MR) is 107 cm³/mol. The van der Waals surface area contributed by atoms with Gasteiger partial charge < -0.3 is 9.80 Å². The molecule has 4 heteroatoms. The molecule has 140 valence electrons. The molecule has 1 amide bonds. The van der Waals surface area contributed by atoms with Crippen LogP contribution in [0, 0.1) is 5.92 Å². The molecule has 1 saturated heterocycles. The van der Waals surface area contributed by atoms with Gasteiger partial charge in [0, 0.05) is 36.7 Å². The monoisotopic (exact) mass is 362 g/mol. The van der Waals surface area contributed by atoms with Crippen molar-refractivity contribution < 1.29 is 9.59 Å². The Labute approximate surface area is 160 Å². The number of hydrogen-bond donors (Lipinski definition) is 0. The molecule has 4 rings (SSSR count). The van der Waals surface area contributed by atoms with Gasteiger partial charge in [-0.3, -0.25) is 9.59 Å². The average molecular weight is 362 g/mol. The first-order chi connectivity index (χ1) is 13.2. The Bertz CT molecular complexity index is 810. The molecule has 1 fully saturated rings. The maximum absolute atomic E-state index is 12.7. The number of rotatable bonds is 5. The van der Waals surface area contributed by atoms with Crippen molar-refractivity contribution in [1.29, 1.82) is 0 Å². The van der Waals surface area contributed by atoms with Crippen molar-refractivity contribution in [1.82, 2.24) is 4.90 Å². The minimum Gasteiger partial charge on any atom is -0.312 e. The fourth-order valence-electron chi connectivity index (χ4n) is 4.24. The molecule has 0 spiro atoms. The molecule has 4 nitrogen and oxygen atoms in total. The molecule has 2 aliphatic rings. The standard InChI is InChI=1S/C23H26N2O2/c26-22(25-17-12-18-6-4-5-9-21(18)25)13-16-24-14-10-20(11-15-24)23(27)19-7-2-1-3-8-19/h1-9,20H,10-17H2. The highest BCUT2D eigenvalue weighted by molar-refractivity contribution is 5.98. The largest absolute Gasteiger partial charge is 0.312 e. The fourth-order valence-corrected chi connectivity index (χ4v) is 4.24. The number of anilines is 1. The highest BCUT2D eigenvalue weighted by Crippen LogP contribution is 2.28. The lowest BCUT2D eigenvalue weighted by Gasteiger charge is -2.31. The summed E-state index contributed by atoms with van der Waals surface area (Å²) in [5.41, 5.74) is 3.17. The number of fused-ring (bicyclic) bond motifs is 1. The Balaban J connectivity index is 1.25. The Morgan fingerprint density at radius 2 is 1.59 bits per heavy atom. The van der Waals surface area contributed by atoms with Crippen molar-refractivity contribution in [2.45, 2.75) is 25.7 Å². The molecular weight excluding hydrogens is 336 g/mol. The van der Waals surface area contributed by atoms with Crippen molar-refractivity contribution in [2.24, 2.45) is 5.92 Å². The first-order valence-corrected chi connectivity index (χ1v) is 9.92. The van der Waals surface area contributed by atoms with Crippen molar-refractivity contribution in [3.8, 4) is 0 Å².